The average molecular weight is 294 g/mol. The number of carbonyl (C=O) groups excluding carboxylic acids is 1. The number of amides is 1. The smallest absolute Gasteiger partial charge is 0.255 e. The van der Waals surface area contributed by atoms with Crippen LogP contribution in [0.3, 0.4) is 0 Å². The largest absolute Gasteiger partial charge is 0.469 e. The van der Waals surface area contributed by atoms with Gasteiger partial charge in [-0.3, -0.25) is 4.79 Å². The van der Waals surface area contributed by atoms with Crippen LogP contribution >= 0.6 is 12.2 Å². The van der Waals surface area contributed by atoms with E-state index in [0.29, 0.717) is 22.2 Å². The zero-order valence-corrected chi connectivity index (χ0v) is 12.9. The third kappa shape index (κ3) is 2.87. The summed E-state index contributed by atoms with van der Waals surface area (Å²) in [4.78, 5) is 12.8. The molecule has 110 valence electrons. The van der Waals surface area contributed by atoms with E-state index >= 15 is 0 Å². The molecule has 1 heterocycles. The number of aryl methyl sites for hydroxylation is 1. The third-order valence-corrected chi connectivity index (χ3v) is 4.85. The molecule has 1 fully saturated rings. The molecule has 1 aromatic heterocycles. The van der Waals surface area contributed by atoms with Gasteiger partial charge in [-0.05, 0) is 44.6 Å². The van der Waals surface area contributed by atoms with Gasteiger partial charge in [0.15, 0.2) is 0 Å². The standard InChI is InChI=1S/C15H22N2O2S/c1-3-11-4-7-15(8-5-11,14(16)20)17-13(18)12-6-9-19-10(12)2/h6,9,11H,3-5,7-8H2,1-2H3,(H2,16,20)(H,17,18). The first-order chi connectivity index (χ1) is 9.48. The van der Waals surface area contributed by atoms with E-state index in [-0.39, 0.29) is 5.91 Å². The molecule has 0 radical (unpaired) electrons. The van der Waals surface area contributed by atoms with Crippen molar-refractivity contribution in [3.8, 4) is 0 Å². The molecule has 1 saturated carbocycles. The van der Waals surface area contributed by atoms with Gasteiger partial charge in [0, 0.05) is 0 Å². The van der Waals surface area contributed by atoms with Crippen LogP contribution in [-0.4, -0.2) is 16.4 Å². The van der Waals surface area contributed by atoms with Crippen LogP contribution < -0.4 is 11.1 Å². The van der Waals surface area contributed by atoms with Gasteiger partial charge >= 0.3 is 0 Å². The Kier molecular flexibility index (Phi) is 4.48. The van der Waals surface area contributed by atoms with Crippen molar-refractivity contribution in [3.63, 3.8) is 0 Å². The highest BCUT2D eigenvalue weighted by Crippen LogP contribution is 2.34. The number of nitrogens with one attached hydrogen (secondary N) is 1. The minimum atomic E-state index is -0.540. The quantitative estimate of drug-likeness (QED) is 0.838. The second-order valence-corrected chi connectivity index (χ2v) is 6.08. The van der Waals surface area contributed by atoms with Gasteiger partial charge in [0.2, 0.25) is 0 Å². The first-order valence-corrected chi connectivity index (χ1v) is 7.56. The fraction of sp³-hybridized carbons (Fsp3) is 0.600. The summed E-state index contributed by atoms with van der Waals surface area (Å²) in [5.74, 6) is 1.17. The molecule has 0 bridgehead atoms. The minimum Gasteiger partial charge on any atom is -0.469 e. The van der Waals surface area contributed by atoms with Crippen LogP contribution in [0.5, 0.6) is 0 Å². The van der Waals surface area contributed by atoms with Crippen LogP contribution in [0.4, 0.5) is 0 Å². The van der Waals surface area contributed by atoms with E-state index in [9.17, 15) is 4.79 Å². The van der Waals surface area contributed by atoms with Crippen molar-refractivity contribution in [3.05, 3.63) is 23.7 Å². The number of rotatable bonds is 4. The lowest BCUT2D eigenvalue weighted by Gasteiger charge is -2.39. The van der Waals surface area contributed by atoms with Crippen molar-refractivity contribution in [1.29, 1.82) is 0 Å². The van der Waals surface area contributed by atoms with Crippen molar-refractivity contribution in [2.45, 2.75) is 51.5 Å². The first-order valence-electron chi connectivity index (χ1n) is 7.15. The molecule has 0 aliphatic heterocycles. The van der Waals surface area contributed by atoms with Gasteiger partial charge in [-0.2, -0.15) is 0 Å². The molecule has 0 aromatic carbocycles. The predicted molar refractivity (Wildman–Crippen MR) is 82.7 cm³/mol. The minimum absolute atomic E-state index is 0.154. The van der Waals surface area contributed by atoms with Crippen molar-refractivity contribution in [2.24, 2.45) is 11.7 Å². The summed E-state index contributed by atoms with van der Waals surface area (Å²) in [5.41, 5.74) is 5.94. The second kappa shape index (κ2) is 5.95. The Morgan fingerprint density at radius 3 is 2.65 bits per heavy atom. The molecule has 1 aliphatic rings. The number of furan rings is 1. The Morgan fingerprint density at radius 1 is 1.55 bits per heavy atom. The highest BCUT2D eigenvalue weighted by Gasteiger charge is 2.39. The van der Waals surface area contributed by atoms with Gasteiger partial charge in [-0.1, -0.05) is 25.6 Å². The third-order valence-electron chi connectivity index (χ3n) is 4.46. The zero-order valence-electron chi connectivity index (χ0n) is 12.1. The van der Waals surface area contributed by atoms with Crippen LogP contribution in [-0.2, 0) is 0 Å². The average Bonchev–Trinajstić information content (AvgIpc) is 2.85. The topological polar surface area (TPSA) is 68.3 Å². The molecule has 2 rings (SSSR count). The number of nitrogens with two attached hydrogens (primary N) is 1. The molecule has 20 heavy (non-hydrogen) atoms. The maximum Gasteiger partial charge on any atom is 0.255 e. The fourth-order valence-electron chi connectivity index (χ4n) is 2.92. The molecule has 1 amide bonds. The van der Waals surface area contributed by atoms with Crippen molar-refractivity contribution < 1.29 is 9.21 Å². The zero-order chi connectivity index (χ0) is 14.8. The maximum absolute atomic E-state index is 12.4. The Morgan fingerprint density at radius 2 is 2.20 bits per heavy atom. The molecule has 0 atom stereocenters. The first kappa shape index (κ1) is 15.0. The normalized spacial score (nSPS) is 26.2. The second-order valence-electron chi connectivity index (χ2n) is 5.64. The fourth-order valence-corrected chi connectivity index (χ4v) is 3.17. The Bertz CT molecular complexity index is 502. The van der Waals surface area contributed by atoms with E-state index in [1.165, 1.54) is 12.7 Å². The summed E-state index contributed by atoms with van der Waals surface area (Å²) < 4.78 is 5.18. The Hall–Kier alpha value is -1.36. The molecule has 1 aromatic rings. The SMILES string of the molecule is CCC1CCC(NC(=O)c2ccoc2C)(C(N)=S)CC1. The van der Waals surface area contributed by atoms with E-state index in [4.69, 9.17) is 22.4 Å². The van der Waals surface area contributed by atoms with Crippen LogP contribution in [0.1, 0.15) is 55.1 Å². The molecule has 4 nitrogen and oxygen atoms in total. The summed E-state index contributed by atoms with van der Waals surface area (Å²) in [6, 6.07) is 1.68. The van der Waals surface area contributed by atoms with Gasteiger partial charge in [0.25, 0.3) is 5.91 Å². The molecule has 0 unspecified atom stereocenters. The predicted octanol–water partition coefficient (Wildman–Crippen LogP) is 2.94. The van der Waals surface area contributed by atoms with Gasteiger partial charge in [0.05, 0.1) is 22.4 Å². The summed E-state index contributed by atoms with van der Waals surface area (Å²) >= 11 is 5.22. The van der Waals surface area contributed by atoms with Crippen molar-refractivity contribution >= 4 is 23.1 Å². The summed E-state index contributed by atoms with van der Waals surface area (Å²) in [7, 11) is 0. The number of hydrogen-bond donors (Lipinski definition) is 2. The molecule has 1 aliphatic carbocycles. The number of hydrogen-bond acceptors (Lipinski definition) is 3. The summed E-state index contributed by atoms with van der Waals surface area (Å²) in [6.07, 6.45) is 6.44. The molecule has 0 saturated heterocycles. The molecule has 0 spiro atoms. The Balaban J connectivity index is 2.13. The lowest BCUT2D eigenvalue weighted by Crippen LogP contribution is -2.58. The van der Waals surface area contributed by atoms with Crippen LogP contribution in [0.25, 0.3) is 0 Å². The molecular formula is C15H22N2O2S. The Labute approximate surface area is 125 Å². The van der Waals surface area contributed by atoms with E-state index in [1.54, 1.807) is 13.0 Å². The summed E-state index contributed by atoms with van der Waals surface area (Å²) in [6.45, 7) is 3.97. The number of carbonyl (C=O) groups is 1. The highest BCUT2D eigenvalue weighted by atomic mass is 32.1. The highest BCUT2D eigenvalue weighted by molar-refractivity contribution is 7.80. The van der Waals surface area contributed by atoms with Gasteiger partial charge in [0.1, 0.15) is 5.76 Å². The van der Waals surface area contributed by atoms with Crippen LogP contribution in [0.15, 0.2) is 16.7 Å². The van der Waals surface area contributed by atoms with Gasteiger partial charge in [-0.15, -0.1) is 0 Å². The molecule has 3 N–H and O–H groups in total. The lowest BCUT2D eigenvalue weighted by molar-refractivity contribution is 0.0897. The van der Waals surface area contributed by atoms with E-state index in [0.717, 1.165) is 25.7 Å². The van der Waals surface area contributed by atoms with Crippen molar-refractivity contribution in [2.75, 3.05) is 0 Å². The maximum atomic E-state index is 12.4. The number of thiocarbonyl (C=S) groups is 1. The van der Waals surface area contributed by atoms with Crippen molar-refractivity contribution in [1.82, 2.24) is 5.32 Å². The van der Waals surface area contributed by atoms with Crippen LogP contribution in [0.2, 0.25) is 0 Å². The van der Waals surface area contributed by atoms with Gasteiger partial charge < -0.3 is 15.5 Å². The van der Waals surface area contributed by atoms with E-state index < -0.39 is 5.54 Å². The summed E-state index contributed by atoms with van der Waals surface area (Å²) in [5, 5.41) is 3.05. The lowest BCUT2D eigenvalue weighted by atomic mass is 9.75. The van der Waals surface area contributed by atoms with Gasteiger partial charge in [-0.25, -0.2) is 0 Å². The molecular weight excluding hydrogens is 272 g/mol. The van der Waals surface area contributed by atoms with Crippen LogP contribution in [0, 0.1) is 12.8 Å². The van der Waals surface area contributed by atoms with E-state index in [2.05, 4.69) is 12.2 Å². The monoisotopic (exact) mass is 294 g/mol. The van der Waals surface area contributed by atoms with E-state index in [1.807, 2.05) is 0 Å². The molecule has 5 heteroatoms.